The molecule has 4 nitrogen and oxygen atoms in total. The van der Waals surface area contributed by atoms with Crippen molar-refractivity contribution in [1.82, 2.24) is 9.55 Å². The first-order chi connectivity index (χ1) is 4.50. The fourth-order valence-electron chi connectivity index (χ4n) is 0.589. The van der Waals surface area contributed by atoms with Gasteiger partial charge in [-0.2, -0.15) is 10.6 Å². The van der Waals surface area contributed by atoms with Crippen LogP contribution in [-0.4, -0.2) is 24.9 Å². The number of rotatable bonds is 1. The zero-order valence-electron chi connectivity index (χ0n) is 5.85. The summed E-state index contributed by atoms with van der Waals surface area (Å²) in [5, 5.41) is 0.343. The molecule has 1 aromatic heterocycles. The Balaban J connectivity index is 2.96. The molecule has 0 spiro atoms. The molecular weight excluding hydrogens is 152 g/mol. The van der Waals surface area contributed by atoms with E-state index in [1.807, 2.05) is 0 Å². The summed E-state index contributed by atoms with van der Waals surface area (Å²) in [5.74, 6) is 0. The number of aryl methyl sites for hydroxylation is 1. The summed E-state index contributed by atoms with van der Waals surface area (Å²) in [6, 6.07) is 0. The van der Waals surface area contributed by atoms with Gasteiger partial charge in [-0.25, -0.2) is 4.98 Å². The topological polar surface area (TPSA) is 58.3 Å². The summed E-state index contributed by atoms with van der Waals surface area (Å²) in [6.07, 6.45) is 4.48. The predicted molar refractivity (Wildman–Crippen MR) is 40.2 cm³/mol. The zero-order valence-corrected chi connectivity index (χ0v) is 6.67. The zero-order chi connectivity index (χ0) is 7.78. The molecule has 0 amide bonds. The van der Waals surface area contributed by atoms with E-state index in [4.69, 9.17) is 9.11 Å². The van der Waals surface area contributed by atoms with E-state index in [1.165, 1.54) is 12.6 Å². The molecule has 58 valence electrons. The highest BCUT2D eigenvalue weighted by Crippen LogP contribution is 2.41. The monoisotopic (exact) mass is 162 g/mol. The third-order valence-corrected chi connectivity index (χ3v) is 2.08. The minimum absolute atomic E-state index is 0.343. The van der Waals surface area contributed by atoms with Gasteiger partial charge in [0.1, 0.15) is 0 Å². The lowest BCUT2D eigenvalue weighted by atomic mass is 10.9. The quantitative estimate of drug-likeness (QED) is 0.651. The first-order valence-corrected chi connectivity index (χ1v) is 4.67. The van der Waals surface area contributed by atoms with Gasteiger partial charge in [0, 0.05) is 19.5 Å². The highest BCUT2D eigenvalue weighted by atomic mass is 32.3. The normalized spacial score (nSPS) is 13.6. The molecule has 0 radical (unpaired) electrons. The van der Waals surface area contributed by atoms with Crippen molar-refractivity contribution in [2.24, 2.45) is 7.05 Å². The van der Waals surface area contributed by atoms with Crippen LogP contribution in [0.4, 0.5) is 0 Å². The van der Waals surface area contributed by atoms with Gasteiger partial charge >= 0.3 is 0 Å². The van der Waals surface area contributed by atoms with E-state index in [0.29, 0.717) is 5.03 Å². The van der Waals surface area contributed by atoms with Crippen LogP contribution in [0.1, 0.15) is 0 Å². The summed E-state index contributed by atoms with van der Waals surface area (Å²) < 4.78 is 19.8. The number of hydrogen-bond donors (Lipinski definition) is 2. The number of aromatic nitrogens is 2. The Kier molecular flexibility index (Phi) is 1.72. The number of hydrogen-bond acceptors (Lipinski definition) is 3. The van der Waals surface area contributed by atoms with Crippen LogP contribution in [0.2, 0.25) is 0 Å². The standard InChI is InChI=1S/C5H10N2O2S/c1-7-3-5(6-4-7)10(2,8)9/h3-4,8-9H,1-2H3. The number of imidazole rings is 1. The van der Waals surface area contributed by atoms with Gasteiger partial charge in [-0.15, -0.1) is 0 Å². The molecule has 0 aliphatic carbocycles. The molecule has 0 unspecified atom stereocenters. The maximum absolute atomic E-state index is 9.07. The van der Waals surface area contributed by atoms with Gasteiger partial charge in [0.25, 0.3) is 0 Å². The van der Waals surface area contributed by atoms with Crippen LogP contribution in [0.15, 0.2) is 17.6 Å². The van der Waals surface area contributed by atoms with Gasteiger partial charge < -0.3 is 4.57 Å². The van der Waals surface area contributed by atoms with Gasteiger partial charge in [0.15, 0.2) is 5.03 Å². The van der Waals surface area contributed by atoms with Gasteiger partial charge in [-0.05, 0) is 0 Å². The second kappa shape index (κ2) is 2.26. The Labute approximate surface area is 60.9 Å². The van der Waals surface area contributed by atoms with Crippen LogP contribution in [0.5, 0.6) is 0 Å². The molecule has 1 heterocycles. The first kappa shape index (κ1) is 7.59. The van der Waals surface area contributed by atoms with Gasteiger partial charge in [-0.3, -0.25) is 9.11 Å². The molecule has 2 N–H and O–H groups in total. The molecule has 0 aliphatic heterocycles. The average Bonchev–Trinajstić information content (AvgIpc) is 2.11. The van der Waals surface area contributed by atoms with Crippen molar-refractivity contribution in [3.8, 4) is 0 Å². The maximum Gasteiger partial charge on any atom is 0.164 e. The minimum atomic E-state index is -2.61. The van der Waals surface area contributed by atoms with Crippen molar-refractivity contribution in [2.45, 2.75) is 5.03 Å². The van der Waals surface area contributed by atoms with Crippen molar-refractivity contribution in [2.75, 3.05) is 6.26 Å². The molecular formula is C5H10N2O2S. The first-order valence-electron chi connectivity index (χ1n) is 2.71. The van der Waals surface area contributed by atoms with E-state index in [0.717, 1.165) is 0 Å². The van der Waals surface area contributed by atoms with Crippen molar-refractivity contribution in [3.63, 3.8) is 0 Å². The SMILES string of the molecule is Cn1cnc(S(C)(O)O)c1. The third-order valence-electron chi connectivity index (χ3n) is 1.08. The van der Waals surface area contributed by atoms with E-state index in [-0.39, 0.29) is 0 Å². The van der Waals surface area contributed by atoms with Crippen molar-refractivity contribution >= 4 is 10.6 Å². The van der Waals surface area contributed by atoms with Crippen LogP contribution in [0, 0.1) is 0 Å². The number of nitrogens with zero attached hydrogens (tertiary/aromatic N) is 2. The lowest BCUT2D eigenvalue weighted by Crippen LogP contribution is -1.94. The second-order valence-corrected chi connectivity index (χ2v) is 4.30. The van der Waals surface area contributed by atoms with Gasteiger partial charge in [0.2, 0.25) is 0 Å². The van der Waals surface area contributed by atoms with Crippen molar-refractivity contribution < 1.29 is 9.11 Å². The third kappa shape index (κ3) is 1.50. The second-order valence-electron chi connectivity index (χ2n) is 2.21. The maximum atomic E-state index is 9.07. The van der Waals surface area contributed by atoms with Crippen molar-refractivity contribution in [1.29, 1.82) is 0 Å². The van der Waals surface area contributed by atoms with Crippen molar-refractivity contribution in [3.05, 3.63) is 12.5 Å². The van der Waals surface area contributed by atoms with E-state index < -0.39 is 10.6 Å². The summed E-state index contributed by atoms with van der Waals surface area (Å²) in [5.41, 5.74) is 0. The Morgan fingerprint density at radius 3 is 2.40 bits per heavy atom. The molecule has 0 fully saturated rings. The Bertz CT molecular complexity index is 228. The summed E-state index contributed by atoms with van der Waals surface area (Å²) >= 11 is 0. The lowest BCUT2D eigenvalue weighted by Gasteiger charge is -2.23. The molecule has 1 rings (SSSR count). The Morgan fingerprint density at radius 1 is 1.60 bits per heavy atom. The highest BCUT2D eigenvalue weighted by Gasteiger charge is 2.10. The molecule has 0 aromatic carbocycles. The largest absolute Gasteiger partial charge is 0.339 e. The molecule has 5 heteroatoms. The summed E-state index contributed by atoms with van der Waals surface area (Å²) in [7, 11) is -0.834. The molecule has 0 aliphatic rings. The summed E-state index contributed by atoms with van der Waals surface area (Å²) in [6.45, 7) is 0. The molecule has 0 atom stereocenters. The molecule has 0 bridgehead atoms. The van der Waals surface area contributed by atoms with E-state index in [1.54, 1.807) is 17.8 Å². The van der Waals surface area contributed by atoms with Crippen LogP contribution in [-0.2, 0) is 7.05 Å². The summed E-state index contributed by atoms with van der Waals surface area (Å²) in [4.78, 5) is 3.79. The van der Waals surface area contributed by atoms with Gasteiger partial charge in [0.05, 0.1) is 6.33 Å². The Morgan fingerprint density at radius 2 is 2.20 bits per heavy atom. The van der Waals surface area contributed by atoms with E-state index in [2.05, 4.69) is 4.98 Å². The highest BCUT2D eigenvalue weighted by molar-refractivity contribution is 8.23. The van der Waals surface area contributed by atoms with Crippen LogP contribution >= 0.6 is 10.6 Å². The van der Waals surface area contributed by atoms with E-state index >= 15 is 0 Å². The molecule has 10 heavy (non-hydrogen) atoms. The molecule has 1 aromatic rings. The molecule has 0 saturated heterocycles. The fourth-order valence-corrected chi connectivity index (χ4v) is 1.20. The van der Waals surface area contributed by atoms with Crippen LogP contribution < -0.4 is 0 Å². The predicted octanol–water partition coefficient (Wildman–Crippen LogP) is 1.16. The molecule has 0 saturated carbocycles. The van der Waals surface area contributed by atoms with E-state index in [9.17, 15) is 0 Å². The minimum Gasteiger partial charge on any atom is -0.339 e. The lowest BCUT2D eigenvalue weighted by molar-refractivity contribution is 0.491. The van der Waals surface area contributed by atoms with Crippen LogP contribution in [0.3, 0.4) is 0 Å². The average molecular weight is 162 g/mol. The fraction of sp³-hybridized carbons (Fsp3) is 0.400. The van der Waals surface area contributed by atoms with Crippen LogP contribution in [0.25, 0.3) is 0 Å². The smallest absolute Gasteiger partial charge is 0.164 e. The Hall–Kier alpha value is -0.520. The van der Waals surface area contributed by atoms with Gasteiger partial charge in [-0.1, -0.05) is 0 Å².